The summed E-state index contributed by atoms with van der Waals surface area (Å²) in [5, 5.41) is 7.44. The lowest BCUT2D eigenvalue weighted by atomic mass is 9.90. The van der Waals surface area contributed by atoms with Crippen molar-refractivity contribution in [2.75, 3.05) is 0 Å². The Balaban J connectivity index is 2.29. The van der Waals surface area contributed by atoms with Crippen LogP contribution in [0.2, 0.25) is 0 Å². The van der Waals surface area contributed by atoms with Gasteiger partial charge in [0.15, 0.2) is 0 Å². The predicted octanol–water partition coefficient (Wildman–Crippen LogP) is 4.98. The van der Waals surface area contributed by atoms with Crippen LogP contribution in [0.15, 0.2) is 71.6 Å². The molecule has 0 amide bonds. The van der Waals surface area contributed by atoms with Gasteiger partial charge in [0.25, 0.3) is 10.1 Å². The van der Waals surface area contributed by atoms with E-state index in [4.69, 9.17) is 0 Å². The summed E-state index contributed by atoms with van der Waals surface area (Å²) in [6, 6.07) is 21.1. The zero-order chi connectivity index (χ0) is 16.5. The van der Waals surface area contributed by atoms with Crippen LogP contribution in [0.5, 0.6) is 0 Å². The lowest BCUT2D eigenvalue weighted by Gasteiger charge is -2.16. The van der Waals surface area contributed by atoms with Gasteiger partial charge in [-0.3, -0.25) is 4.55 Å². The van der Waals surface area contributed by atoms with Crippen molar-refractivity contribution in [2.45, 2.75) is 4.90 Å². The number of hydrogen-bond acceptors (Lipinski definition) is 2. The van der Waals surface area contributed by atoms with Gasteiger partial charge in [-0.05, 0) is 43.8 Å². The minimum Gasteiger partial charge on any atom is -0.282 e. The van der Waals surface area contributed by atoms with Crippen LogP contribution in [0, 0.1) is 0 Å². The zero-order valence-electron chi connectivity index (χ0n) is 12.5. The largest absolute Gasteiger partial charge is 0.295 e. The molecular formula is C20H12O3S. The first-order chi connectivity index (χ1) is 11.6. The normalized spacial score (nSPS) is 12.7. The molecule has 5 rings (SSSR count). The second-order valence-corrected chi connectivity index (χ2v) is 7.42. The Bertz CT molecular complexity index is 1360. The number of fused-ring (bicyclic) bond motifs is 2. The molecule has 116 valence electrons. The molecule has 0 bridgehead atoms. The van der Waals surface area contributed by atoms with E-state index in [1.807, 2.05) is 48.5 Å². The van der Waals surface area contributed by atoms with Crippen LogP contribution in [0.1, 0.15) is 0 Å². The highest BCUT2D eigenvalue weighted by molar-refractivity contribution is 7.86. The molecule has 24 heavy (non-hydrogen) atoms. The molecular weight excluding hydrogens is 320 g/mol. The Morgan fingerprint density at radius 2 is 1.12 bits per heavy atom. The van der Waals surface area contributed by atoms with Crippen molar-refractivity contribution in [1.29, 1.82) is 0 Å². The van der Waals surface area contributed by atoms with Gasteiger partial charge < -0.3 is 0 Å². The molecule has 0 aliphatic heterocycles. The Kier molecular flexibility index (Phi) is 2.54. The Hall–Kier alpha value is -2.69. The molecule has 0 aliphatic carbocycles. The SMILES string of the molecule is O=S(=O)(O)c1ccc2cccc3c4cccc5cccc(c1c23)c54. The van der Waals surface area contributed by atoms with Crippen LogP contribution in [0.3, 0.4) is 0 Å². The van der Waals surface area contributed by atoms with E-state index in [9.17, 15) is 13.0 Å². The third-order valence-electron chi connectivity index (χ3n) is 4.75. The van der Waals surface area contributed by atoms with E-state index in [1.54, 1.807) is 6.07 Å². The van der Waals surface area contributed by atoms with Crippen molar-refractivity contribution in [2.24, 2.45) is 0 Å². The zero-order valence-corrected chi connectivity index (χ0v) is 13.3. The maximum absolute atomic E-state index is 12.0. The van der Waals surface area contributed by atoms with Crippen molar-refractivity contribution in [3.05, 3.63) is 66.7 Å². The van der Waals surface area contributed by atoms with Crippen molar-refractivity contribution in [3.8, 4) is 0 Å². The van der Waals surface area contributed by atoms with Crippen molar-refractivity contribution < 1.29 is 13.0 Å². The summed E-state index contributed by atoms with van der Waals surface area (Å²) in [4.78, 5) is -0.0375. The van der Waals surface area contributed by atoms with Crippen molar-refractivity contribution in [3.63, 3.8) is 0 Å². The van der Waals surface area contributed by atoms with Gasteiger partial charge in [-0.25, -0.2) is 0 Å². The fourth-order valence-corrected chi connectivity index (χ4v) is 4.55. The van der Waals surface area contributed by atoms with E-state index in [1.165, 1.54) is 6.07 Å². The third-order valence-corrected chi connectivity index (χ3v) is 5.65. The topological polar surface area (TPSA) is 54.4 Å². The molecule has 0 saturated carbocycles. The van der Waals surface area contributed by atoms with E-state index >= 15 is 0 Å². The average Bonchev–Trinajstić information content (AvgIpc) is 2.58. The summed E-state index contributed by atoms with van der Waals surface area (Å²) in [6.07, 6.45) is 0. The van der Waals surface area contributed by atoms with E-state index in [0.29, 0.717) is 5.39 Å². The first-order valence-electron chi connectivity index (χ1n) is 7.61. The maximum atomic E-state index is 12.0. The van der Waals surface area contributed by atoms with Gasteiger partial charge in [0.2, 0.25) is 0 Å². The van der Waals surface area contributed by atoms with Gasteiger partial charge in [-0.2, -0.15) is 8.42 Å². The van der Waals surface area contributed by atoms with Crippen LogP contribution in [-0.4, -0.2) is 13.0 Å². The number of hydrogen-bond donors (Lipinski definition) is 1. The predicted molar refractivity (Wildman–Crippen MR) is 97.5 cm³/mol. The summed E-state index contributed by atoms with van der Waals surface area (Å²) >= 11 is 0. The van der Waals surface area contributed by atoms with Crippen molar-refractivity contribution >= 4 is 53.2 Å². The fraction of sp³-hybridized carbons (Fsp3) is 0. The van der Waals surface area contributed by atoms with E-state index in [0.717, 1.165) is 37.7 Å². The van der Waals surface area contributed by atoms with Gasteiger partial charge in [-0.15, -0.1) is 0 Å². The third kappa shape index (κ3) is 1.67. The van der Waals surface area contributed by atoms with Crippen LogP contribution in [0.25, 0.3) is 43.1 Å². The van der Waals surface area contributed by atoms with Gasteiger partial charge in [0, 0.05) is 5.39 Å². The van der Waals surface area contributed by atoms with Gasteiger partial charge in [0.1, 0.15) is 4.90 Å². The minimum absolute atomic E-state index is 0.0375. The molecule has 0 heterocycles. The first-order valence-corrected chi connectivity index (χ1v) is 9.05. The highest BCUT2D eigenvalue weighted by Crippen LogP contribution is 2.42. The average molecular weight is 332 g/mol. The van der Waals surface area contributed by atoms with Crippen LogP contribution < -0.4 is 0 Å². The molecule has 0 atom stereocenters. The standard InChI is InChI=1S/C20H12O3S/c21-24(22,23)17-11-10-13-6-2-8-15-14-7-1-4-12-5-3-9-16(18(12)14)20(17)19(13)15/h1-11H,(H,21,22,23). The molecule has 0 unspecified atom stereocenters. The molecule has 0 fully saturated rings. The highest BCUT2D eigenvalue weighted by atomic mass is 32.2. The van der Waals surface area contributed by atoms with Gasteiger partial charge >= 0.3 is 0 Å². The highest BCUT2D eigenvalue weighted by Gasteiger charge is 2.20. The molecule has 3 nitrogen and oxygen atoms in total. The lowest BCUT2D eigenvalue weighted by Crippen LogP contribution is -2.00. The van der Waals surface area contributed by atoms with Crippen molar-refractivity contribution in [1.82, 2.24) is 0 Å². The quantitative estimate of drug-likeness (QED) is 0.267. The molecule has 0 aliphatic rings. The Morgan fingerprint density at radius 3 is 1.75 bits per heavy atom. The van der Waals surface area contributed by atoms with E-state index in [2.05, 4.69) is 6.07 Å². The van der Waals surface area contributed by atoms with Gasteiger partial charge in [0.05, 0.1) is 0 Å². The summed E-state index contributed by atoms with van der Waals surface area (Å²) in [5.41, 5.74) is 0. The number of benzene rings is 5. The van der Waals surface area contributed by atoms with Crippen LogP contribution >= 0.6 is 0 Å². The summed E-state index contributed by atoms with van der Waals surface area (Å²) in [7, 11) is -4.32. The maximum Gasteiger partial charge on any atom is 0.295 e. The Morgan fingerprint density at radius 1 is 0.583 bits per heavy atom. The first kappa shape index (κ1) is 13.7. The molecule has 1 N–H and O–H groups in total. The molecule has 5 aromatic rings. The second kappa shape index (κ2) is 4.44. The number of rotatable bonds is 1. The second-order valence-electron chi connectivity index (χ2n) is 6.03. The molecule has 4 heteroatoms. The van der Waals surface area contributed by atoms with Gasteiger partial charge in [-0.1, -0.05) is 60.7 Å². The monoisotopic (exact) mass is 332 g/mol. The fourth-order valence-electron chi connectivity index (χ4n) is 3.84. The smallest absolute Gasteiger partial charge is 0.282 e. The van der Waals surface area contributed by atoms with E-state index < -0.39 is 10.1 Å². The molecule has 5 aromatic carbocycles. The van der Waals surface area contributed by atoms with Crippen LogP contribution in [-0.2, 0) is 10.1 Å². The molecule has 0 aromatic heterocycles. The van der Waals surface area contributed by atoms with Crippen LogP contribution in [0.4, 0.5) is 0 Å². The molecule has 0 spiro atoms. The molecule has 0 radical (unpaired) electrons. The summed E-state index contributed by atoms with van der Waals surface area (Å²) in [6.45, 7) is 0. The summed E-state index contributed by atoms with van der Waals surface area (Å²) in [5.74, 6) is 0. The minimum atomic E-state index is -4.32. The Labute approximate surface area is 138 Å². The van der Waals surface area contributed by atoms with E-state index in [-0.39, 0.29) is 4.90 Å². The summed E-state index contributed by atoms with van der Waals surface area (Å²) < 4.78 is 33.7. The lowest BCUT2D eigenvalue weighted by molar-refractivity contribution is 0.484. The molecule has 0 saturated heterocycles.